The second-order valence-electron chi connectivity index (χ2n) is 8.20. The topological polar surface area (TPSA) is 42.3 Å². The summed E-state index contributed by atoms with van der Waals surface area (Å²) in [6.45, 7) is 10.6. The van der Waals surface area contributed by atoms with Gasteiger partial charge in [-0.2, -0.15) is 0 Å². The molecule has 158 valence electrons. The lowest BCUT2D eigenvalue weighted by molar-refractivity contribution is -0.123. The summed E-state index contributed by atoms with van der Waals surface area (Å²) in [6, 6.07) is 16.4. The van der Waals surface area contributed by atoms with E-state index in [-0.39, 0.29) is 11.1 Å². The highest BCUT2D eigenvalue weighted by Gasteiger charge is 2.35. The molecule has 31 heavy (non-hydrogen) atoms. The number of thioether (sulfide) groups is 1. The standard InChI is InChI=1S/C26H26N2O2S/c1-16-10-17(2)12-23(11-16)28-19(4)13-22(20(28)5)14-24-25(29)27(26(30)31-24)15-21-9-7-6-8-18(21)3/h6-14H,15H2,1-5H3/b24-14-. The number of aryl methyl sites for hydroxylation is 4. The largest absolute Gasteiger partial charge is 0.318 e. The maximum absolute atomic E-state index is 13.0. The number of hydrogen-bond acceptors (Lipinski definition) is 3. The van der Waals surface area contributed by atoms with Crippen LogP contribution < -0.4 is 0 Å². The van der Waals surface area contributed by atoms with E-state index in [1.165, 1.54) is 16.0 Å². The first-order valence-electron chi connectivity index (χ1n) is 10.3. The molecule has 2 heterocycles. The summed E-state index contributed by atoms with van der Waals surface area (Å²) >= 11 is 1.02. The quantitative estimate of drug-likeness (QED) is 0.459. The van der Waals surface area contributed by atoms with Gasteiger partial charge in [0.1, 0.15) is 0 Å². The summed E-state index contributed by atoms with van der Waals surface area (Å²) < 4.78 is 2.20. The molecule has 0 atom stereocenters. The zero-order chi connectivity index (χ0) is 22.3. The molecule has 0 aliphatic carbocycles. The van der Waals surface area contributed by atoms with Crippen LogP contribution in [0, 0.1) is 34.6 Å². The zero-order valence-corrected chi connectivity index (χ0v) is 19.3. The summed E-state index contributed by atoms with van der Waals surface area (Å²) in [4.78, 5) is 27.4. The van der Waals surface area contributed by atoms with Gasteiger partial charge in [-0.15, -0.1) is 0 Å². The average Bonchev–Trinajstić information content (AvgIpc) is 3.12. The fourth-order valence-electron chi connectivity index (χ4n) is 4.15. The fourth-order valence-corrected chi connectivity index (χ4v) is 4.98. The molecule has 3 aromatic rings. The Morgan fingerprint density at radius 3 is 2.26 bits per heavy atom. The molecule has 1 aliphatic heterocycles. The van der Waals surface area contributed by atoms with Crippen LogP contribution in [0.3, 0.4) is 0 Å². The van der Waals surface area contributed by atoms with Crippen molar-refractivity contribution in [3.8, 4) is 5.69 Å². The monoisotopic (exact) mass is 430 g/mol. The van der Waals surface area contributed by atoms with Gasteiger partial charge in [-0.3, -0.25) is 14.5 Å². The van der Waals surface area contributed by atoms with E-state index in [1.54, 1.807) is 0 Å². The molecule has 1 aliphatic rings. The highest BCUT2D eigenvalue weighted by atomic mass is 32.2. The van der Waals surface area contributed by atoms with Crippen LogP contribution in [0.5, 0.6) is 0 Å². The Morgan fingerprint density at radius 1 is 0.903 bits per heavy atom. The van der Waals surface area contributed by atoms with E-state index in [9.17, 15) is 9.59 Å². The Hall–Kier alpha value is -3.05. The van der Waals surface area contributed by atoms with Gasteiger partial charge < -0.3 is 4.57 Å². The number of carbonyl (C=O) groups excluding carboxylic acids is 2. The molecule has 0 bridgehead atoms. The first-order valence-corrected chi connectivity index (χ1v) is 11.1. The number of aromatic nitrogens is 1. The number of nitrogens with zero attached hydrogens (tertiary/aromatic N) is 2. The van der Waals surface area contributed by atoms with E-state index in [0.29, 0.717) is 11.4 Å². The Balaban J connectivity index is 1.66. The van der Waals surface area contributed by atoms with E-state index >= 15 is 0 Å². The molecule has 0 spiro atoms. The van der Waals surface area contributed by atoms with Crippen molar-refractivity contribution in [2.24, 2.45) is 0 Å². The van der Waals surface area contributed by atoms with Crippen LogP contribution in [0.1, 0.15) is 39.2 Å². The van der Waals surface area contributed by atoms with Gasteiger partial charge in [0, 0.05) is 17.1 Å². The predicted octanol–water partition coefficient (Wildman–Crippen LogP) is 6.26. The molecule has 0 saturated carbocycles. The lowest BCUT2D eigenvalue weighted by Crippen LogP contribution is -2.27. The number of imide groups is 1. The van der Waals surface area contributed by atoms with Gasteiger partial charge >= 0.3 is 0 Å². The van der Waals surface area contributed by atoms with Gasteiger partial charge in [0.15, 0.2) is 0 Å². The molecule has 0 unspecified atom stereocenters. The first kappa shape index (κ1) is 21.2. The van der Waals surface area contributed by atoms with Gasteiger partial charge in [-0.1, -0.05) is 30.3 Å². The maximum Gasteiger partial charge on any atom is 0.293 e. The molecule has 2 aromatic carbocycles. The first-order chi connectivity index (χ1) is 14.7. The van der Waals surface area contributed by atoms with Gasteiger partial charge in [-0.05, 0) is 98.5 Å². The SMILES string of the molecule is Cc1cc(C)cc(-n2c(C)cc(/C=C3\SC(=O)N(Cc4ccccc4C)C3=O)c2C)c1. The summed E-state index contributed by atoms with van der Waals surface area (Å²) in [5, 5.41) is -0.220. The predicted molar refractivity (Wildman–Crippen MR) is 127 cm³/mol. The molecule has 2 amide bonds. The number of hydrogen-bond donors (Lipinski definition) is 0. The minimum atomic E-state index is -0.227. The highest BCUT2D eigenvalue weighted by molar-refractivity contribution is 8.18. The van der Waals surface area contributed by atoms with Crippen molar-refractivity contribution in [1.82, 2.24) is 9.47 Å². The molecular formula is C26H26N2O2S. The number of rotatable bonds is 4. The molecule has 4 rings (SSSR count). The van der Waals surface area contributed by atoms with Crippen LogP contribution in [0.4, 0.5) is 4.79 Å². The van der Waals surface area contributed by atoms with Gasteiger partial charge in [0.2, 0.25) is 0 Å². The lowest BCUT2D eigenvalue weighted by Gasteiger charge is -2.14. The Morgan fingerprint density at radius 2 is 1.58 bits per heavy atom. The molecule has 0 N–H and O–H groups in total. The highest BCUT2D eigenvalue weighted by Crippen LogP contribution is 2.35. The van der Waals surface area contributed by atoms with Crippen LogP contribution in [-0.4, -0.2) is 20.6 Å². The van der Waals surface area contributed by atoms with Crippen molar-refractivity contribution < 1.29 is 9.59 Å². The fraction of sp³-hybridized carbons (Fsp3) is 0.231. The zero-order valence-electron chi connectivity index (χ0n) is 18.5. The molecule has 1 aromatic heterocycles. The third-order valence-corrected chi connectivity index (χ3v) is 6.59. The minimum absolute atomic E-state index is 0.220. The van der Waals surface area contributed by atoms with E-state index in [1.807, 2.05) is 44.2 Å². The van der Waals surface area contributed by atoms with E-state index in [2.05, 4.69) is 49.6 Å². The second-order valence-corrected chi connectivity index (χ2v) is 9.20. The van der Waals surface area contributed by atoms with Crippen LogP contribution in [0.25, 0.3) is 11.8 Å². The van der Waals surface area contributed by atoms with E-state index in [4.69, 9.17) is 0 Å². The normalized spacial score (nSPS) is 15.4. The summed E-state index contributed by atoms with van der Waals surface area (Å²) in [6.07, 6.45) is 1.85. The summed E-state index contributed by atoms with van der Waals surface area (Å²) in [5.41, 5.74) is 8.68. The molecule has 0 radical (unpaired) electrons. The molecule has 5 heteroatoms. The maximum atomic E-state index is 13.0. The van der Waals surface area contributed by atoms with Crippen molar-refractivity contribution in [1.29, 1.82) is 0 Å². The summed E-state index contributed by atoms with van der Waals surface area (Å²) in [5.74, 6) is -0.227. The van der Waals surface area contributed by atoms with Crippen LogP contribution in [0.15, 0.2) is 53.4 Å². The minimum Gasteiger partial charge on any atom is -0.318 e. The van der Waals surface area contributed by atoms with Gasteiger partial charge in [0.25, 0.3) is 11.1 Å². The number of amides is 2. The third kappa shape index (κ3) is 4.10. The summed E-state index contributed by atoms with van der Waals surface area (Å²) in [7, 11) is 0. The van der Waals surface area contributed by atoms with Crippen molar-refractivity contribution in [3.05, 3.63) is 92.6 Å². The van der Waals surface area contributed by atoms with E-state index < -0.39 is 0 Å². The van der Waals surface area contributed by atoms with Crippen molar-refractivity contribution in [2.45, 2.75) is 41.2 Å². The van der Waals surface area contributed by atoms with Gasteiger partial charge in [-0.25, -0.2) is 0 Å². The van der Waals surface area contributed by atoms with E-state index in [0.717, 1.165) is 45.5 Å². The van der Waals surface area contributed by atoms with Crippen molar-refractivity contribution in [2.75, 3.05) is 0 Å². The van der Waals surface area contributed by atoms with Crippen LogP contribution in [0.2, 0.25) is 0 Å². The lowest BCUT2D eigenvalue weighted by atomic mass is 10.1. The third-order valence-electron chi connectivity index (χ3n) is 5.68. The molecular weight excluding hydrogens is 404 g/mol. The number of carbonyl (C=O) groups is 2. The smallest absolute Gasteiger partial charge is 0.293 e. The molecule has 4 nitrogen and oxygen atoms in total. The Kier molecular flexibility index (Phi) is 5.63. The van der Waals surface area contributed by atoms with Crippen molar-refractivity contribution >= 4 is 29.0 Å². The van der Waals surface area contributed by atoms with Crippen LogP contribution in [-0.2, 0) is 11.3 Å². The Labute approximate surface area is 187 Å². The van der Waals surface area contributed by atoms with Gasteiger partial charge in [0.05, 0.1) is 11.4 Å². The van der Waals surface area contributed by atoms with Crippen LogP contribution >= 0.6 is 11.8 Å². The average molecular weight is 431 g/mol. The Bertz CT molecular complexity index is 1220. The number of benzene rings is 2. The second kappa shape index (κ2) is 8.23. The molecule has 1 saturated heterocycles. The van der Waals surface area contributed by atoms with Crippen molar-refractivity contribution in [3.63, 3.8) is 0 Å². The molecule has 1 fully saturated rings.